The average molecular weight is 347 g/mol. The summed E-state index contributed by atoms with van der Waals surface area (Å²) in [5.74, 6) is 0.727. The molecule has 0 aromatic heterocycles. The second kappa shape index (κ2) is 9.33. The SMILES string of the molecule is CC(C)(O)CCCCCCS(=O)c1ccc(C2=CCCC=C2)cc1. The molecule has 0 aliphatic heterocycles. The zero-order valence-corrected chi connectivity index (χ0v) is 15.8. The normalized spacial score (nSPS) is 16.0. The molecule has 0 radical (unpaired) electrons. The van der Waals surface area contributed by atoms with Crippen LogP contribution in [0.2, 0.25) is 0 Å². The van der Waals surface area contributed by atoms with Crippen LogP contribution in [0.4, 0.5) is 0 Å². The molecule has 1 aliphatic rings. The molecule has 1 N–H and O–H groups in total. The lowest BCUT2D eigenvalue weighted by Crippen LogP contribution is -2.17. The highest BCUT2D eigenvalue weighted by molar-refractivity contribution is 7.85. The first-order chi connectivity index (χ1) is 11.5. The van der Waals surface area contributed by atoms with Gasteiger partial charge in [0.15, 0.2) is 0 Å². The minimum atomic E-state index is -0.906. The van der Waals surface area contributed by atoms with E-state index in [4.69, 9.17) is 0 Å². The van der Waals surface area contributed by atoms with Gasteiger partial charge in [0, 0.05) is 10.6 Å². The molecule has 132 valence electrons. The van der Waals surface area contributed by atoms with Gasteiger partial charge in [0.25, 0.3) is 0 Å². The van der Waals surface area contributed by atoms with Crippen LogP contribution in [0.15, 0.2) is 47.4 Å². The summed E-state index contributed by atoms with van der Waals surface area (Å²) in [4.78, 5) is 0.927. The van der Waals surface area contributed by atoms with Crippen molar-refractivity contribution < 1.29 is 9.32 Å². The number of hydrogen-bond acceptors (Lipinski definition) is 2. The molecule has 24 heavy (non-hydrogen) atoms. The van der Waals surface area contributed by atoms with Gasteiger partial charge in [-0.05, 0) is 62.8 Å². The molecule has 2 rings (SSSR count). The molecule has 0 heterocycles. The van der Waals surface area contributed by atoms with Crippen molar-refractivity contribution in [2.75, 3.05) is 5.75 Å². The first kappa shape index (κ1) is 19.1. The quantitative estimate of drug-likeness (QED) is 0.620. The van der Waals surface area contributed by atoms with Crippen LogP contribution in [0.25, 0.3) is 5.57 Å². The van der Waals surface area contributed by atoms with E-state index < -0.39 is 16.4 Å². The average Bonchev–Trinajstić information content (AvgIpc) is 2.58. The van der Waals surface area contributed by atoms with Gasteiger partial charge in [-0.1, -0.05) is 49.6 Å². The summed E-state index contributed by atoms with van der Waals surface area (Å²) >= 11 is 0. The lowest BCUT2D eigenvalue weighted by atomic mass is 10.00. The second-order valence-corrected chi connectivity index (χ2v) is 8.76. The first-order valence-electron chi connectivity index (χ1n) is 9.04. The molecule has 0 fully saturated rings. The Morgan fingerprint density at radius 3 is 2.38 bits per heavy atom. The fourth-order valence-electron chi connectivity index (χ4n) is 2.89. The minimum absolute atomic E-state index is 0.562. The van der Waals surface area contributed by atoms with Crippen molar-refractivity contribution in [2.45, 2.75) is 69.3 Å². The Balaban J connectivity index is 1.73. The van der Waals surface area contributed by atoms with Gasteiger partial charge in [-0.25, -0.2) is 0 Å². The Labute approximate surface area is 149 Å². The predicted octanol–water partition coefficient (Wildman–Crippen LogP) is 5.25. The summed E-state index contributed by atoms with van der Waals surface area (Å²) < 4.78 is 12.4. The third-order valence-corrected chi connectivity index (χ3v) is 5.77. The summed E-state index contributed by atoms with van der Waals surface area (Å²) in [7, 11) is -0.906. The number of benzene rings is 1. The van der Waals surface area contributed by atoms with Crippen molar-refractivity contribution in [1.82, 2.24) is 0 Å². The molecule has 1 aromatic carbocycles. The standard InChI is InChI=1S/C21H30O2S/c1-21(2,22)16-8-3-4-9-17-24(23)20-14-12-19(13-15-20)18-10-6-5-7-11-18/h6,10-15,22H,3-5,7-9,16-17H2,1-2H3. The first-order valence-corrected chi connectivity index (χ1v) is 10.4. The maximum absolute atomic E-state index is 12.4. The largest absolute Gasteiger partial charge is 0.390 e. The zero-order valence-electron chi connectivity index (χ0n) is 15.0. The second-order valence-electron chi connectivity index (χ2n) is 7.19. The molecule has 0 spiro atoms. The lowest BCUT2D eigenvalue weighted by molar-refractivity contribution is 0.0680. The van der Waals surface area contributed by atoms with Gasteiger partial charge in [-0.3, -0.25) is 4.21 Å². The van der Waals surface area contributed by atoms with Gasteiger partial charge in [0.1, 0.15) is 0 Å². The highest BCUT2D eigenvalue weighted by Crippen LogP contribution is 2.22. The topological polar surface area (TPSA) is 37.3 Å². The summed E-state index contributed by atoms with van der Waals surface area (Å²) in [5, 5.41) is 9.67. The van der Waals surface area contributed by atoms with Gasteiger partial charge < -0.3 is 5.11 Å². The zero-order chi connectivity index (χ0) is 17.4. The van der Waals surface area contributed by atoms with Crippen LogP contribution in [0.1, 0.15) is 64.4 Å². The van der Waals surface area contributed by atoms with E-state index in [-0.39, 0.29) is 0 Å². The van der Waals surface area contributed by atoms with Crippen LogP contribution in [0, 0.1) is 0 Å². The van der Waals surface area contributed by atoms with Crippen molar-refractivity contribution >= 4 is 16.4 Å². The number of hydrogen-bond donors (Lipinski definition) is 1. The molecule has 1 aliphatic carbocycles. The Hall–Kier alpha value is -1.19. The maximum Gasteiger partial charge on any atom is 0.0591 e. The summed E-state index contributed by atoms with van der Waals surface area (Å²) in [6.07, 6.45) is 13.9. The highest BCUT2D eigenvalue weighted by atomic mass is 32.2. The van der Waals surface area contributed by atoms with Crippen LogP contribution >= 0.6 is 0 Å². The third kappa shape index (κ3) is 6.74. The van der Waals surface area contributed by atoms with E-state index in [2.05, 4.69) is 30.4 Å². The monoisotopic (exact) mass is 346 g/mol. The van der Waals surface area contributed by atoms with Gasteiger partial charge in [0.2, 0.25) is 0 Å². The molecular formula is C21H30O2S. The maximum atomic E-state index is 12.4. The van der Waals surface area contributed by atoms with E-state index in [1.165, 1.54) is 11.1 Å². The Morgan fingerprint density at radius 1 is 1.04 bits per heavy atom. The third-order valence-electron chi connectivity index (χ3n) is 4.31. The Kier molecular flexibility index (Phi) is 7.44. The molecule has 0 amide bonds. The summed E-state index contributed by atoms with van der Waals surface area (Å²) in [6, 6.07) is 8.17. The van der Waals surface area contributed by atoms with Crippen molar-refractivity contribution in [3.05, 3.63) is 48.1 Å². The van der Waals surface area contributed by atoms with Crippen LogP contribution < -0.4 is 0 Å². The highest BCUT2D eigenvalue weighted by Gasteiger charge is 2.11. The molecule has 0 saturated heterocycles. The molecule has 3 heteroatoms. The van der Waals surface area contributed by atoms with E-state index in [0.29, 0.717) is 0 Å². The number of rotatable bonds is 9. The smallest absolute Gasteiger partial charge is 0.0591 e. The van der Waals surface area contributed by atoms with E-state index in [9.17, 15) is 9.32 Å². The number of aliphatic hydroxyl groups is 1. The Morgan fingerprint density at radius 2 is 1.75 bits per heavy atom. The van der Waals surface area contributed by atoms with Crippen molar-refractivity contribution in [3.63, 3.8) is 0 Å². The molecule has 1 unspecified atom stereocenters. The molecule has 1 atom stereocenters. The van der Waals surface area contributed by atoms with Crippen LogP contribution in [0.3, 0.4) is 0 Å². The molecule has 1 aromatic rings. The lowest BCUT2D eigenvalue weighted by Gasteiger charge is -2.16. The van der Waals surface area contributed by atoms with Gasteiger partial charge in [-0.2, -0.15) is 0 Å². The van der Waals surface area contributed by atoms with E-state index >= 15 is 0 Å². The number of unbranched alkanes of at least 4 members (excludes halogenated alkanes) is 3. The van der Waals surface area contributed by atoms with Crippen molar-refractivity contribution in [1.29, 1.82) is 0 Å². The van der Waals surface area contributed by atoms with E-state index in [1.54, 1.807) is 0 Å². The minimum Gasteiger partial charge on any atom is -0.390 e. The van der Waals surface area contributed by atoms with Crippen molar-refractivity contribution in [2.24, 2.45) is 0 Å². The summed E-state index contributed by atoms with van der Waals surface area (Å²) in [5.41, 5.74) is 1.91. The van der Waals surface area contributed by atoms with Crippen LogP contribution in [-0.4, -0.2) is 20.7 Å². The van der Waals surface area contributed by atoms with Crippen LogP contribution in [0.5, 0.6) is 0 Å². The fourth-order valence-corrected chi connectivity index (χ4v) is 4.03. The van der Waals surface area contributed by atoms with Crippen LogP contribution in [-0.2, 0) is 10.8 Å². The molecular weight excluding hydrogens is 316 g/mol. The van der Waals surface area contributed by atoms with Gasteiger partial charge >= 0.3 is 0 Å². The number of allylic oxidation sites excluding steroid dienone is 4. The molecule has 2 nitrogen and oxygen atoms in total. The van der Waals surface area contributed by atoms with Gasteiger partial charge in [0.05, 0.1) is 16.4 Å². The van der Waals surface area contributed by atoms with E-state index in [0.717, 1.165) is 55.6 Å². The molecule has 0 bridgehead atoms. The molecule has 0 saturated carbocycles. The Bertz CT molecular complexity index is 591. The fraction of sp³-hybridized carbons (Fsp3) is 0.524. The van der Waals surface area contributed by atoms with Crippen molar-refractivity contribution in [3.8, 4) is 0 Å². The predicted molar refractivity (Wildman–Crippen MR) is 103 cm³/mol. The van der Waals surface area contributed by atoms with Gasteiger partial charge in [-0.15, -0.1) is 0 Å². The summed E-state index contributed by atoms with van der Waals surface area (Å²) in [6.45, 7) is 3.70. The van der Waals surface area contributed by atoms with E-state index in [1.807, 2.05) is 26.0 Å².